The molecule has 0 fully saturated rings. The van der Waals surface area contributed by atoms with Gasteiger partial charge in [0, 0.05) is 17.3 Å². The zero-order valence-corrected chi connectivity index (χ0v) is 15.8. The van der Waals surface area contributed by atoms with Gasteiger partial charge >= 0.3 is 0 Å². The topological polar surface area (TPSA) is 64.0 Å². The lowest BCUT2D eigenvalue weighted by molar-refractivity contribution is -0.119. The average Bonchev–Trinajstić information content (AvgIpc) is 2.68. The lowest BCUT2D eigenvalue weighted by Gasteiger charge is -2.18. The van der Waals surface area contributed by atoms with Crippen LogP contribution in [0.1, 0.15) is 30.5 Å². The fourth-order valence-corrected chi connectivity index (χ4v) is 2.98. The Labute approximate surface area is 158 Å². The maximum Gasteiger partial charge on any atom is 0.267 e. The van der Waals surface area contributed by atoms with Crippen molar-refractivity contribution < 1.29 is 4.79 Å². The monoisotopic (exact) mass is 361 g/mol. The minimum Gasteiger partial charge on any atom is -0.324 e. The molecule has 27 heavy (non-hydrogen) atoms. The molecule has 0 aliphatic rings. The third-order valence-corrected chi connectivity index (χ3v) is 4.74. The fourth-order valence-electron chi connectivity index (χ4n) is 2.98. The third-order valence-electron chi connectivity index (χ3n) is 4.74. The summed E-state index contributed by atoms with van der Waals surface area (Å²) in [6.45, 7) is 5.83. The number of aryl methyl sites for hydroxylation is 1. The van der Waals surface area contributed by atoms with E-state index in [4.69, 9.17) is 0 Å². The highest BCUT2D eigenvalue weighted by Gasteiger charge is 2.22. The van der Waals surface area contributed by atoms with Crippen molar-refractivity contribution in [3.05, 3.63) is 82.1 Å². The lowest BCUT2D eigenvalue weighted by atomic mass is 10.1. The van der Waals surface area contributed by atoms with E-state index in [9.17, 15) is 9.59 Å². The van der Waals surface area contributed by atoms with Gasteiger partial charge in [0.2, 0.25) is 5.91 Å². The molecule has 0 aliphatic heterocycles. The molecule has 1 atom stereocenters. The summed E-state index contributed by atoms with van der Waals surface area (Å²) in [5.41, 5.74) is 4.13. The van der Waals surface area contributed by atoms with Crippen LogP contribution in [0.4, 0.5) is 5.69 Å². The summed E-state index contributed by atoms with van der Waals surface area (Å²) in [7, 11) is 0. The van der Waals surface area contributed by atoms with Crippen molar-refractivity contribution in [1.82, 2.24) is 9.78 Å². The number of hydrogen-bond donors (Lipinski definition) is 1. The molecule has 3 rings (SSSR count). The maximum atomic E-state index is 12.9. The SMILES string of the molecule is CC[C@H](C(=O)Nc1cccc(C)c1C)n1nc(-c2ccccc2)ccc1=O. The number of nitrogens with one attached hydrogen (secondary N) is 1. The van der Waals surface area contributed by atoms with Gasteiger partial charge in [-0.3, -0.25) is 9.59 Å². The molecular weight excluding hydrogens is 338 g/mol. The van der Waals surface area contributed by atoms with Crippen LogP contribution in [0.2, 0.25) is 0 Å². The number of benzene rings is 2. The second-order valence-electron chi connectivity index (χ2n) is 6.53. The minimum absolute atomic E-state index is 0.244. The predicted molar refractivity (Wildman–Crippen MR) is 108 cm³/mol. The number of carbonyl (C=O) groups is 1. The fraction of sp³-hybridized carbons (Fsp3) is 0.227. The third kappa shape index (κ3) is 3.97. The van der Waals surface area contributed by atoms with Gasteiger partial charge < -0.3 is 5.32 Å². The Morgan fingerprint density at radius 2 is 1.78 bits per heavy atom. The Morgan fingerprint density at radius 3 is 2.48 bits per heavy atom. The quantitative estimate of drug-likeness (QED) is 0.743. The van der Waals surface area contributed by atoms with Gasteiger partial charge in [-0.1, -0.05) is 49.4 Å². The minimum atomic E-state index is -0.680. The van der Waals surface area contributed by atoms with Gasteiger partial charge in [-0.15, -0.1) is 0 Å². The van der Waals surface area contributed by atoms with E-state index in [0.29, 0.717) is 12.1 Å². The summed E-state index contributed by atoms with van der Waals surface area (Å²) >= 11 is 0. The summed E-state index contributed by atoms with van der Waals surface area (Å²) in [5, 5.41) is 7.41. The van der Waals surface area contributed by atoms with Crippen LogP contribution in [0.15, 0.2) is 65.5 Å². The van der Waals surface area contributed by atoms with Crippen molar-refractivity contribution in [3.8, 4) is 11.3 Å². The number of hydrogen-bond acceptors (Lipinski definition) is 3. The van der Waals surface area contributed by atoms with Crippen LogP contribution in [0.3, 0.4) is 0 Å². The second kappa shape index (κ2) is 7.99. The standard InChI is InChI=1S/C22H23N3O2/c1-4-20(22(27)23-18-12-8-9-15(2)16(18)3)25-21(26)14-13-19(24-25)17-10-6-5-7-11-17/h5-14,20H,4H2,1-3H3,(H,23,27)/t20-/m1/s1. The van der Waals surface area contributed by atoms with E-state index < -0.39 is 6.04 Å². The molecule has 0 unspecified atom stereocenters. The van der Waals surface area contributed by atoms with Gasteiger partial charge in [-0.05, 0) is 43.5 Å². The van der Waals surface area contributed by atoms with E-state index >= 15 is 0 Å². The van der Waals surface area contributed by atoms with Crippen molar-refractivity contribution >= 4 is 11.6 Å². The number of nitrogens with zero attached hydrogens (tertiary/aromatic N) is 2. The number of amides is 1. The molecule has 0 radical (unpaired) electrons. The summed E-state index contributed by atoms with van der Waals surface area (Å²) in [4.78, 5) is 25.3. The van der Waals surface area contributed by atoms with Crippen LogP contribution < -0.4 is 10.9 Å². The molecule has 0 saturated heterocycles. The molecule has 1 heterocycles. The first-order valence-electron chi connectivity index (χ1n) is 9.03. The smallest absolute Gasteiger partial charge is 0.267 e. The van der Waals surface area contributed by atoms with Gasteiger partial charge in [-0.2, -0.15) is 5.10 Å². The van der Waals surface area contributed by atoms with Crippen LogP contribution in [0.25, 0.3) is 11.3 Å². The Balaban J connectivity index is 1.94. The lowest BCUT2D eigenvalue weighted by Crippen LogP contribution is -2.34. The summed E-state index contributed by atoms with van der Waals surface area (Å²) in [5.74, 6) is -0.244. The molecule has 5 heteroatoms. The normalized spacial score (nSPS) is 11.8. The molecule has 0 saturated carbocycles. The highest BCUT2D eigenvalue weighted by Crippen LogP contribution is 2.21. The summed E-state index contributed by atoms with van der Waals surface area (Å²) in [6, 6.07) is 17.8. The molecular formula is C22H23N3O2. The first-order chi connectivity index (χ1) is 13.0. The second-order valence-corrected chi connectivity index (χ2v) is 6.53. The number of carbonyl (C=O) groups excluding carboxylic acids is 1. The summed E-state index contributed by atoms with van der Waals surface area (Å²) in [6.07, 6.45) is 0.460. The molecule has 0 aliphatic carbocycles. The summed E-state index contributed by atoms with van der Waals surface area (Å²) < 4.78 is 1.28. The van der Waals surface area contributed by atoms with Gasteiger partial charge in [0.05, 0.1) is 5.69 Å². The van der Waals surface area contributed by atoms with E-state index in [0.717, 1.165) is 22.4 Å². The van der Waals surface area contributed by atoms with Crippen molar-refractivity contribution in [1.29, 1.82) is 0 Å². The maximum absolute atomic E-state index is 12.9. The Kier molecular flexibility index (Phi) is 5.50. The highest BCUT2D eigenvalue weighted by atomic mass is 16.2. The molecule has 1 N–H and O–H groups in total. The van der Waals surface area contributed by atoms with Gasteiger partial charge in [0.1, 0.15) is 6.04 Å². The zero-order chi connectivity index (χ0) is 19.4. The van der Waals surface area contributed by atoms with Crippen LogP contribution in [-0.4, -0.2) is 15.7 Å². The molecule has 1 aromatic heterocycles. The zero-order valence-electron chi connectivity index (χ0n) is 15.8. The largest absolute Gasteiger partial charge is 0.324 e. The molecule has 3 aromatic rings. The van der Waals surface area contributed by atoms with Gasteiger partial charge in [0.25, 0.3) is 5.56 Å². The molecule has 5 nitrogen and oxygen atoms in total. The first kappa shape index (κ1) is 18.6. The van der Waals surface area contributed by atoms with Gasteiger partial charge in [-0.25, -0.2) is 4.68 Å². The van der Waals surface area contributed by atoms with Gasteiger partial charge in [0.15, 0.2) is 0 Å². The first-order valence-corrected chi connectivity index (χ1v) is 9.03. The number of aromatic nitrogens is 2. The Hall–Kier alpha value is -3.21. The van der Waals surface area contributed by atoms with Crippen LogP contribution in [0.5, 0.6) is 0 Å². The van der Waals surface area contributed by atoms with Crippen LogP contribution in [-0.2, 0) is 4.79 Å². The van der Waals surface area contributed by atoms with Crippen LogP contribution >= 0.6 is 0 Å². The molecule has 0 bridgehead atoms. The molecule has 138 valence electrons. The Bertz CT molecular complexity index is 1010. The van der Waals surface area contributed by atoms with E-state index in [1.54, 1.807) is 6.07 Å². The van der Waals surface area contributed by atoms with Crippen molar-refractivity contribution in [2.24, 2.45) is 0 Å². The molecule has 2 aromatic carbocycles. The van der Waals surface area contributed by atoms with Crippen molar-refractivity contribution in [2.45, 2.75) is 33.2 Å². The number of anilines is 1. The number of rotatable bonds is 5. The van der Waals surface area contributed by atoms with E-state index in [1.807, 2.05) is 69.3 Å². The van der Waals surface area contributed by atoms with E-state index in [1.165, 1.54) is 10.7 Å². The van der Waals surface area contributed by atoms with E-state index in [2.05, 4.69) is 10.4 Å². The van der Waals surface area contributed by atoms with Crippen molar-refractivity contribution in [3.63, 3.8) is 0 Å². The molecule has 0 spiro atoms. The van der Waals surface area contributed by atoms with Crippen molar-refractivity contribution in [2.75, 3.05) is 5.32 Å². The highest BCUT2D eigenvalue weighted by molar-refractivity contribution is 5.94. The van der Waals surface area contributed by atoms with E-state index in [-0.39, 0.29) is 11.5 Å². The van der Waals surface area contributed by atoms with Crippen LogP contribution in [0, 0.1) is 13.8 Å². The Morgan fingerprint density at radius 1 is 1.04 bits per heavy atom. The average molecular weight is 361 g/mol. The molecule has 1 amide bonds. The predicted octanol–water partition coefficient (Wildman–Crippen LogP) is 4.12.